The van der Waals surface area contributed by atoms with Crippen LogP contribution in [0.3, 0.4) is 0 Å². The number of benzene rings is 1. The third kappa shape index (κ3) is 2.92. The van der Waals surface area contributed by atoms with Crippen molar-refractivity contribution in [2.45, 2.75) is 19.8 Å². The zero-order valence-corrected chi connectivity index (χ0v) is 14.3. The van der Waals surface area contributed by atoms with Gasteiger partial charge in [-0.3, -0.25) is 4.79 Å². The van der Waals surface area contributed by atoms with Crippen LogP contribution in [-0.2, 0) is 16.0 Å². The summed E-state index contributed by atoms with van der Waals surface area (Å²) < 4.78 is 10.6. The highest BCUT2D eigenvalue weighted by Gasteiger charge is 2.27. The molecule has 0 amide bonds. The maximum atomic E-state index is 12.7. The van der Waals surface area contributed by atoms with Crippen LogP contribution in [0.2, 0.25) is 0 Å². The Balaban J connectivity index is 1.86. The summed E-state index contributed by atoms with van der Waals surface area (Å²) in [4.78, 5) is 28.7. The number of Topliss-reactive ketones (excluding diaryl/α,β-unsaturated/α-hetero) is 1. The summed E-state index contributed by atoms with van der Waals surface area (Å²) >= 11 is 0. The highest BCUT2D eigenvalue weighted by atomic mass is 16.5. The molecule has 0 aliphatic heterocycles. The number of esters is 1. The molecule has 0 fully saturated rings. The first kappa shape index (κ1) is 16.3. The zero-order chi connectivity index (χ0) is 18.1. The minimum atomic E-state index is -0.478. The lowest BCUT2D eigenvalue weighted by molar-refractivity contribution is -0.120. The average Bonchev–Trinajstić information content (AvgIpc) is 3.28. The lowest BCUT2D eigenvalue weighted by Gasteiger charge is -2.11. The highest BCUT2D eigenvalue weighted by Crippen LogP contribution is 2.37. The van der Waals surface area contributed by atoms with Crippen molar-refractivity contribution in [2.75, 3.05) is 6.61 Å². The summed E-state index contributed by atoms with van der Waals surface area (Å²) in [7, 11) is 0. The normalized spacial score (nSPS) is 14.6. The Hall–Kier alpha value is -3.21. The van der Waals surface area contributed by atoms with Gasteiger partial charge in [0.1, 0.15) is 12.4 Å². The lowest BCUT2D eigenvalue weighted by atomic mass is 10.0. The van der Waals surface area contributed by atoms with Crippen LogP contribution in [0.25, 0.3) is 22.6 Å². The van der Waals surface area contributed by atoms with E-state index < -0.39 is 5.97 Å². The summed E-state index contributed by atoms with van der Waals surface area (Å²) in [6.07, 6.45) is 5.05. The molecule has 0 saturated carbocycles. The van der Waals surface area contributed by atoms with Gasteiger partial charge in [-0.25, -0.2) is 9.78 Å². The maximum Gasteiger partial charge on any atom is 0.339 e. The predicted molar refractivity (Wildman–Crippen MR) is 97.6 cm³/mol. The third-order valence-corrected chi connectivity index (χ3v) is 4.41. The molecule has 2 aromatic heterocycles. The summed E-state index contributed by atoms with van der Waals surface area (Å²) in [6.45, 7) is 1.17. The molecule has 2 heterocycles. The van der Waals surface area contributed by atoms with E-state index in [4.69, 9.17) is 14.1 Å². The van der Waals surface area contributed by atoms with Crippen LogP contribution in [0, 0.1) is 0 Å². The van der Waals surface area contributed by atoms with Gasteiger partial charge in [0.2, 0.25) is 0 Å². The second kappa shape index (κ2) is 6.59. The molecule has 5 heteroatoms. The first-order valence-corrected chi connectivity index (χ1v) is 8.46. The molecule has 0 unspecified atom stereocenters. The predicted octanol–water partition coefficient (Wildman–Crippen LogP) is 4.06. The minimum absolute atomic E-state index is 0.188. The van der Waals surface area contributed by atoms with Crippen LogP contribution in [0.15, 0.2) is 47.1 Å². The molecule has 0 saturated heterocycles. The van der Waals surface area contributed by atoms with Crippen LogP contribution < -0.4 is 0 Å². The second-order valence-corrected chi connectivity index (χ2v) is 6.29. The molecule has 0 radical (unpaired) electrons. The fourth-order valence-electron chi connectivity index (χ4n) is 3.30. The number of hydrogen-bond acceptors (Lipinski definition) is 5. The standard InChI is InChI=1S/C21H17NO4/c1-13(23)12-26-21(24)19-16-6-2-3-7-18(16)22-20-14(8-9-17(19)20)11-15-5-4-10-25-15/h2-7,10-11H,8-9,12H2,1H3/b14-11+. The average molecular weight is 347 g/mol. The summed E-state index contributed by atoms with van der Waals surface area (Å²) in [6, 6.07) is 11.2. The van der Waals surface area contributed by atoms with Crippen molar-refractivity contribution in [2.24, 2.45) is 0 Å². The molecule has 0 bridgehead atoms. The fourth-order valence-corrected chi connectivity index (χ4v) is 3.30. The number of ketones is 1. The highest BCUT2D eigenvalue weighted by molar-refractivity contribution is 6.07. The van der Waals surface area contributed by atoms with Gasteiger partial charge in [0, 0.05) is 5.39 Å². The number of nitrogens with zero attached hydrogens (tertiary/aromatic N) is 1. The van der Waals surface area contributed by atoms with Crippen LogP contribution in [0.5, 0.6) is 0 Å². The van der Waals surface area contributed by atoms with Crippen molar-refractivity contribution in [3.05, 3.63) is 65.2 Å². The Morgan fingerprint density at radius 2 is 2.04 bits per heavy atom. The molecular weight excluding hydrogens is 330 g/mol. The molecule has 0 N–H and O–H groups in total. The van der Waals surface area contributed by atoms with Crippen molar-refractivity contribution < 1.29 is 18.7 Å². The van der Waals surface area contributed by atoms with Crippen LogP contribution >= 0.6 is 0 Å². The van der Waals surface area contributed by atoms with E-state index in [2.05, 4.69) is 0 Å². The van der Waals surface area contributed by atoms with Crippen LogP contribution in [-0.4, -0.2) is 23.3 Å². The molecule has 5 nitrogen and oxygen atoms in total. The number of fused-ring (bicyclic) bond motifs is 2. The molecule has 130 valence electrons. The van der Waals surface area contributed by atoms with E-state index in [0.717, 1.165) is 39.9 Å². The molecule has 3 aromatic rings. The number of carbonyl (C=O) groups is 2. The van der Waals surface area contributed by atoms with Gasteiger partial charge in [-0.05, 0) is 55.2 Å². The topological polar surface area (TPSA) is 69.4 Å². The van der Waals surface area contributed by atoms with Gasteiger partial charge in [-0.2, -0.15) is 0 Å². The lowest BCUT2D eigenvalue weighted by Crippen LogP contribution is -2.14. The quantitative estimate of drug-likeness (QED) is 0.666. The second-order valence-electron chi connectivity index (χ2n) is 6.29. The van der Waals surface area contributed by atoms with E-state index in [1.54, 1.807) is 6.26 Å². The van der Waals surface area contributed by atoms with E-state index >= 15 is 0 Å². The molecule has 1 aliphatic rings. The largest absolute Gasteiger partial charge is 0.465 e. The van der Waals surface area contributed by atoms with Crippen molar-refractivity contribution in [3.63, 3.8) is 0 Å². The van der Waals surface area contributed by atoms with E-state index in [9.17, 15) is 9.59 Å². The molecule has 26 heavy (non-hydrogen) atoms. The Labute approximate surface area is 150 Å². The Bertz CT molecular complexity index is 1030. The van der Waals surface area contributed by atoms with Gasteiger partial charge < -0.3 is 9.15 Å². The maximum absolute atomic E-state index is 12.7. The number of pyridine rings is 1. The first-order valence-electron chi connectivity index (χ1n) is 8.46. The van der Waals surface area contributed by atoms with E-state index in [-0.39, 0.29) is 12.4 Å². The smallest absolute Gasteiger partial charge is 0.339 e. The number of hydrogen-bond donors (Lipinski definition) is 0. The van der Waals surface area contributed by atoms with Gasteiger partial charge in [0.05, 0.1) is 23.0 Å². The van der Waals surface area contributed by atoms with Crippen molar-refractivity contribution in [1.29, 1.82) is 0 Å². The molecule has 0 atom stereocenters. The first-order chi connectivity index (χ1) is 12.6. The molecule has 1 aromatic carbocycles. The summed E-state index contributed by atoms with van der Waals surface area (Å²) in [5, 5.41) is 0.749. The van der Waals surface area contributed by atoms with Gasteiger partial charge in [0.25, 0.3) is 0 Å². The van der Waals surface area contributed by atoms with Crippen molar-refractivity contribution in [1.82, 2.24) is 4.98 Å². The van der Waals surface area contributed by atoms with E-state index in [0.29, 0.717) is 12.0 Å². The monoisotopic (exact) mass is 347 g/mol. The van der Waals surface area contributed by atoms with E-state index in [1.807, 2.05) is 42.5 Å². The Morgan fingerprint density at radius 3 is 2.81 bits per heavy atom. The Morgan fingerprint density at radius 1 is 1.19 bits per heavy atom. The number of carbonyl (C=O) groups excluding carboxylic acids is 2. The van der Waals surface area contributed by atoms with Gasteiger partial charge >= 0.3 is 5.97 Å². The van der Waals surface area contributed by atoms with Crippen molar-refractivity contribution >= 4 is 34.3 Å². The zero-order valence-electron chi connectivity index (χ0n) is 14.3. The number of rotatable bonds is 4. The molecule has 4 rings (SSSR count). The SMILES string of the molecule is CC(=O)COC(=O)c1c2c(nc3ccccc13)/C(=C/c1ccco1)CC2. The molecule has 1 aliphatic carbocycles. The number of furan rings is 1. The van der Waals surface area contributed by atoms with Gasteiger partial charge in [0.15, 0.2) is 5.78 Å². The number of ether oxygens (including phenoxy) is 1. The van der Waals surface area contributed by atoms with Crippen LogP contribution in [0.4, 0.5) is 0 Å². The van der Waals surface area contributed by atoms with Crippen LogP contribution in [0.1, 0.15) is 40.7 Å². The summed E-state index contributed by atoms with van der Waals surface area (Å²) in [5.74, 6) is 0.0876. The Kier molecular flexibility index (Phi) is 4.13. The fraction of sp³-hybridized carbons (Fsp3) is 0.190. The summed E-state index contributed by atoms with van der Waals surface area (Å²) in [5.41, 5.74) is 3.94. The van der Waals surface area contributed by atoms with Crippen molar-refractivity contribution in [3.8, 4) is 0 Å². The molecular formula is C21H17NO4. The number of allylic oxidation sites excluding steroid dienone is 1. The number of para-hydroxylation sites is 1. The third-order valence-electron chi connectivity index (χ3n) is 4.41. The minimum Gasteiger partial charge on any atom is -0.465 e. The number of aromatic nitrogens is 1. The molecule has 0 spiro atoms. The van der Waals surface area contributed by atoms with E-state index in [1.165, 1.54) is 6.92 Å². The van der Waals surface area contributed by atoms with Gasteiger partial charge in [-0.1, -0.05) is 18.2 Å². The van der Waals surface area contributed by atoms with Gasteiger partial charge in [-0.15, -0.1) is 0 Å².